The third-order valence-corrected chi connectivity index (χ3v) is 3.84. The summed E-state index contributed by atoms with van der Waals surface area (Å²) in [5.74, 6) is 6.31. The van der Waals surface area contributed by atoms with Crippen molar-refractivity contribution in [1.29, 1.82) is 0 Å². The Hall–Kier alpha value is -1.86. The molecule has 0 aromatic carbocycles. The van der Waals surface area contributed by atoms with E-state index < -0.39 is 0 Å². The Labute approximate surface area is 126 Å². The number of nitrogens with zero attached hydrogens (tertiary/aromatic N) is 2. The fourth-order valence-electron chi connectivity index (χ4n) is 2.79. The number of rotatable bonds is 3. The zero-order valence-corrected chi connectivity index (χ0v) is 12.7. The second-order valence-electron chi connectivity index (χ2n) is 5.65. The lowest BCUT2D eigenvalue weighted by Crippen LogP contribution is -2.38. The number of pyridine rings is 1. The van der Waals surface area contributed by atoms with E-state index in [0.717, 1.165) is 19.4 Å². The standard InChI is InChI=1S/C17H22N2O2/c1-13(2)16-7-5-10-19(16)17(21)15-8-9-18-12-14(15)6-3-4-11-20/h8-9,12-13,16,20H,4-5,7,10-11H2,1-2H3. The lowest BCUT2D eigenvalue weighted by molar-refractivity contribution is 0.0701. The van der Waals surface area contributed by atoms with Crippen molar-refractivity contribution in [2.24, 2.45) is 5.92 Å². The van der Waals surface area contributed by atoms with Gasteiger partial charge in [-0.25, -0.2) is 0 Å². The van der Waals surface area contributed by atoms with Crippen LogP contribution in [-0.4, -0.2) is 40.1 Å². The summed E-state index contributed by atoms with van der Waals surface area (Å²) in [4.78, 5) is 18.8. The fourth-order valence-corrected chi connectivity index (χ4v) is 2.79. The van der Waals surface area contributed by atoms with Gasteiger partial charge in [0.1, 0.15) is 0 Å². The summed E-state index contributed by atoms with van der Waals surface area (Å²) >= 11 is 0. The Morgan fingerprint density at radius 3 is 3.10 bits per heavy atom. The van der Waals surface area contributed by atoms with Gasteiger partial charge in [0.2, 0.25) is 0 Å². The normalized spacial score (nSPS) is 17.7. The number of amides is 1. The number of hydrogen-bond donors (Lipinski definition) is 1. The second-order valence-corrected chi connectivity index (χ2v) is 5.65. The van der Waals surface area contributed by atoms with Gasteiger partial charge in [0.05, 0.1) is 17.7 Å². The molecule has 1 unspecified atom stereocenters. The molecule has 1 aliphatic rings. The number of carbonyl (C=O) groups is 1. The Balaban J connectivity index is 2.25. The van der Waals surface area contributed by atoms with Gasteiger partial charge in [-0.2, -0.15) is 0 Å². The highest BCUT2D eigenvalue weighted by Gasteiger charge is 2.32. The highest BCUT2D eigenvalue weighted by Crippen LogP contribution is 2.26. The zero-order valence-electron chi connectivity index (χ0n) is 12.7. The number of aliphatic hydroxyl groups excluding tert-OH is 1. The number of hydrogen-bond acceptors (Lipinski definition) is 3. The quantitative estimate of drug-likeness (QED) is 0.866. The molecule has 112 valence electrons. The van der Waals surface area contributed by atoms with Crippen molar-refractivity contribution in [3.05, 3.63) is 29.6 Å². The highest BCUT2D eigenvalue weighted by molar-refractivity contribution is 5.97. The molecule has 4 nitrogen and oxygen atoms in total. The molecule has 1 saturated heterocycles. The Morgan fingerprint density at radius 2 is 2.38 bits per heavy atom. The lowest BCUT2D eigenvalue weighted by Gasteiger charge is -2.28. The number of carbonyl (C=O) groups excluding carboxylic acids is 1. The minimum absolute atomic E-state index is 0.0259. The molecular weight excluding hydrogens is 264 g/mol. The summed E-state index contributed by atoms with van der Waals surface area (Å²) in [6.45, 7) is 5.15. The summed E-state index contributed by atoms with van der Waals surface area (Å²) in [6.07, 6.45) is 5.79. The van der Waals surface area contributed by atoms with Crippen molar-refractivity contribution >= 4 is 5.91 Å². The van der Waals surface area contributed by atoms with Crippen molar-refractivity contribution in [2.45, 2.75) is 39.2 Å². The average molecular weight is 286 g/mol. The molecule has 0 bridgehead atoms. The van der Waals surface area contributed by atoms with Crippen molar-refractivity contribution < 1.29 is 9.90 Å². The van der Waals surface area contributed by atoms with E-state index in [4.69, 9.17) is 5.11 Å². The first kappa shape index (κ1) is 15.5. The molecule has 1 aliphatic heterocycles. The summed E-state index contributed by atoms with van der Waals surface area (Å²) in [7, 11) is 0. The molecule has 1 atom stereocenters. The van der Waals surface area contributed by atoms with E-state index in [9.17, 15) is 4.79 Å². The van der Waals surface area contributed by atoms with Crippen molar-refractivity contribution in [1.82, 2.24) is 9.88 Å². The molecule has 0 aliphatic carbocycles. The van der Waals surface area contributed by atoms with Gasteiger partial charge in [-0.15, -0.1) is 0 Å². The first-order valence-electron chi connectivity index (χ1n) is 7.50. The van der Waals surface area contributed by atoms with Gasteiger partial charge < -0.3 is 10.0 Å². The van der Waals surface area contributed by atoms with Crippen molar-refractivity contribution in [2.75, 3.05) is 13.2 Å². The first-order valence-corrected chi connectivity index (χ1v) is 7.50. The van der Waals surface area contributed by atoms with Crippen LogP contribution in [0.5, 0.6) is 0 Å². The summed E-state index contributed by atoms with van der Waals surface area (Å²) in [6, 6.07) is 2.05. The van der Waals surface area contributed by atoms with E-state index in [0.29, 0.717) is 29.5 Å². The van der Waals surface area contributed by atoms with Crippen molar-refractivity contribution in [3.8, 4) is 11.8 Å². The molecule has 1 aromatic rings. The highest BCUT2D eigenvalue weighted by atomic mass is 16.2. The van der Waals surface area contributed by atoms with E-state index in [1.807, 2.05) is 4.90 Å². The van der Waals surface area contributed by atoms with Crippen molar-refractivity contribution in [3.63, 3.8) is 0 Å². The number of aromatic nitrogens is 1. The summed E-state index contributed by atoms with van der Waals surface area (Å²) in [5.41, 5.74) is 1.26. The van der Waals surface area contributed by atoms with Gasteiger partial charge in [-0.05, 0) is 24.8 Å². The Morgan fingerprint density at radius 1 is 1.57 bits per heavy atom. The minimum Gasteiger partial charge on any atom is -0.395 e. The molecule has 4 heteroatoms. The maximum Gasteiger partial charge on any atom is 0.255 e. The molecule has 0 saturated carbocycles. The van der Waals surface area contributed by atoms with Gasteiger partial charge in [0, 0.05) is 31.4 Å². The van der Waals surface area contributed by atoms with Crippen LogP contribution in [0, 0.1) is 17.8 Å². The van der Waals surface area contributed by atoms with E-state index in [1.165, 1.54) is 0 Å². The third-order valence-electron chi connectivity index (χ3n) is 3.84. The molecule has 1 amide bonds. The van der Waals surface area contributed by atoms with Crippen LogP contribution in [0.2, 0.25) is 0 Å². The topological polar surface area (TPSA) is 53.4 Å². The van der Waals surface area contributed by atoms with Crippen LogP contribution in [0.4, 0.5) is 0 Å². The zero-order chi connectivity index (χ0) is 15.2. The maximum absolute atomic E-state index is 12.8. The Kier molecular flexibility index (Phi) is 5.35. The summed E-state index contributed by atoms with van der Waals surface area (Å²) < 4.78 is 0. The van der Waals surface area contributed by atoms with E-state index >= 15 is 0 Å². The minimum atomic E-state index is 0.0259. The van der Waals surface area contributed by atoms with Crippen LogP contribution in [-0.2, 0) is 0 Å². The van der Waals surface area contributed by atoms with Gasteiger partial charge in [-0.3, -0.25) is 9.78 Å². The average Bonchev–Trinajstić information content (AvgIpc) is 2.97. The second kappa shape index (κ2) is 7.24. The van der Waals surface area contributed by atoms with Crippen LogP contribution < -0.4 is 0 Å². The van der Waals surface area contributed by atoms with E-state index in [1.54, 1.807) is 18.5 Å². The fraction of sp³-hybridized carbons (Fsp3) is 0.529. The molecule has 1 N–H and O–H groups in total. The van der Waals surface area contributed by atoms with Gasteiger partial charge in [-0.1, -0.05) is 25.7 Å². The van der Waals surface area contributed by atoms with Crippen LogP contribution in [0.25, 0.3) is 0 Å². The molecule has 2 rings (SSSR count). The monoisotopic (exact) mass is 286 g/mol. The molecule has 0 spiro atoms. The molecular formula is C17H22N2O2. The van der Waals surface area contributed by atoms with Crippen LogP contribution in [0.1, 0.15) is 49.0 Å². The summed E-state index contributed by atoms with van der Waals surface area (Å²) in [5, 5.41) is 8.80. The predicted molar refractivity (Wildman–Crippen MR) is 81.7 cm³/mol. The van der Waals surface area contributed by atoms with E-state index in [2.05, 4.69) is 30.7 Å². The molecule has 1 fully saturated rings. The smallest absolute Gasteiger partial charge is 0.255 e. The third kappa shape index (κ3) is 3.62. The van der Waals surface area contributed by atoms with Crippen LogP contribution in [0.15, 0.2) is 18.5 Å². The Bertz CT molecular complexity index is 557. The molecule has 2 heterocycles. The van der Waals surface area contributed by atoms with Crippen LogP contribution in [0.3, 0.4) is 0 Å². The number of aliphatic hydroxyl groups is 1. The molecule has 21 heavy (non-hydrogen) atoms. The predicted octanol–water partition coefficient (Wildman–Crippen LogP) is 2.08. The van der Waals surface area contributed by atoms with E-state index in [-0.39, 0.29) is 12.5 Å². The molecule has 1 aromatic heterocycles. The SMILES string of the molecule is CC(C)C1CCCN1C(=O)c1ccncc1C#CCCO. The lowest BCUT2D eigenvalue weighted by atomic mass is 10.0. The number of likely N-dealkylation sites (tertiary alicyclic amines) is 1. The largest absolute Gasteiger partial charge is 0.395 e. The molecule has 0 radical (unpaired) electrons. The maximum atomic E-state index is 12.8. The first-order chi connectivity index (χ1) is 10.1. The van der Waals surface area contributed by atoms with Gasteiger partial charge in [0.25, 0.3) is 5.91 Å². The van der Waals surface area contributed by atoms with Gasteiger partial charge >= 0.3 is 0 Å². The van der Waals surface area contributed by atoms with Gasteiger partial charge in [0.15, 0.2) is 0 Å². The van der Waals surface area contributed by atoms with Crippen LogP contribution >= 0.6 is 0 Å².